The normalized spacial score (nSPS) is 31.9. The molecule has 8 heteroatoms. The van der Waals surface area contributed by atoms with Gasteiger partial charge in [-0.2, -0.15) is 0 Å². The number of benzene rings is 3. The molecule has 1 N–H and O–H groups in total. The Bertz CT molecular complexity index is 1330. The molecule has 3 aromatic carbocycles. The lowest BCUT2D eigenvalue weighted by atomic mass is 9.84. The third-order valence-electron chi connectivity index (χ3n) is 10.3. The van der Waals surface area contributed by atoms with E-state index in [2.05, 4.69) is 95.3 Å². The van der Waals surface area contributed by atoms with Gasteiger partial charge in [-0.25, -0.2) is 0 Å². The summed E-state index contributed by atoms with van der Waals surface area (Å²) in [5.41, 5.74) is 1.05. The summed E-state index contributed by atoms with van der Waals surface area (Å²) >= 11 is 0. The molecule has 0 spiro atoms. The highest BCUT2D eigenvalue weighted by molar-refractivity contribution is 6.99. The fraction of sp³-hybridized carbons (Fsp3) is 0.538. The Hall–Kier alpha value is -2.40. The van der Waals surface area contributed by atoms with Crippen LogP contribution in [0.2, 0.25) is 5.04 Å². The van der Waals surface area contributed by atoms with E-state index in [0.717, 1.165) is 5.56 Å². The number of methoxy groups -OCH3 is 1. The van der Waals surface area contributed by atoms with Crippen LogP contribution in [0.5, 0.6) is 0 Å². The molecule has 0 amide bonds. The molecule has 0 aliphatic carbocycles. The van der Waals surface area contributed by atoms with Gasteiger partial charge in [-0.05, 0) is 33.8 Å². The van der Waals surface area contributed by atoms with E-state index >= 15 is 0 Å². The van der Waals surface area contributed by atoms with Gasteiger partial charge in [-0.15, -0.1) is 0 Å². The molecule has 3 aromatic rings. The minimum Gasteiger partial charge on any atom is -0.405 e. The predicted octanol–water partition coefficient (Wildman–Crippen LogP) is 5.92. The largest absolute Gasteiger partial charge is 0.405 e. The maximum atomic E-state index is 11.1. The third-order valence-corrected chi connectivity index (χ3v) is 15.3. The first-order valence-corrected chi connectivity index (χ1v) is 19.0. The van der Waals surface area contributed by atoms with Gasteiger partial charge in [0, 0.05) is 18.9 Å². The zero-order chi connectivity index (χ0) is 33.8. The van der Waals surface area contributed by atoms with Crippen LogP contribution in [0.1, 0.15) is 54.0 Å². The maximum Gasteiger partial charge on any atom is 0.261 e. The molecule has 0 radical (unpaired) electrons. The second-order valence-electron chi connectivity index (χ2n) is 14.4. The van der Waals surface area contributed by atoms with E-state index in [-0.39, 0.29) is 28.9 Å². The molecule has 2 aliphatic heterocycles. The summed E-state index contributed by atoms with van der Waals surface area (Å²) in [6.45, 7) is 15.8. The van der Waals surface area contributed by atoms with Crippen molar-refractivity contribution in [2.75, 3.05) is 13.7 Å². The molecule has 256 valence electrons. The number of aliphatic hydroxyl groups excluding tert-OH is 1. The Kier molecular flexibility index (Phi) is 11.8. The zero-order valence-electron chi connectivity index (χ0n) is 29.2. The number of aliphatic hydroxyl groups is 1. The molecule has 4 unspecified atom stereocenters. The second kappa shape index (κ2) is 15.4. The summed E-state index contributed by atoms with van der Waals surface area (Å²) in [7, 11) is -1.14. The van der Waals surface area contributed by atoms with Crippen LogP contribution in [-0.2, 0) is 34.7 Å². The van der Waals surface area contributed by atoms with E-state index in [1.54, 1.807) is 7.11 Å². The molecule has 0 aromatic heterocycles. The van der Waals surface area contributed by atoms with Crippen molar-refractivity contribution in [3.8, 4) is 0 Å². The van der Waals surface area contributed by atoms with Crippen molar-refractivity contribution < 1.29 is 33.2 Å². The molecule has 10 atom stereocenters. The first-order valence-electron chi connectivity index (χ1n) is 17.1. The van der Waals surface area contributed by atoms with Crippen molar-refractivity contribution in [2.24, 2.45) is 17.8 Å². The minimum absolute atomic E-state index is 0.0705. The monoisotopic (exact) mass is 662 g/mol. The Balaban J connectivity index is 1.43. The summed E-state index contributed by atoms with van der Waals surface area (Å²) in [4.78, 5) is 0. The minimum atomic E-state index is -2.83. The van der Waals surface area contributed by atoms with E-state index in [1.807, 2.05) is 44.2 Å². The van der Waals surface area contributed by atoms with E-state index in [1.165, 1.54) is 10.4 Å². The average molecular weight is 663 g/mol. The lowest BCUT2D eigenvalue weighted by Crippen LogP contribution is -2.68. The molecule has 5 rings (SSSR count). The van der Waals surface area contributed by atoms with E-state index < -0.39 is 45.3 Å². The van der Waals surface area contributed by atoms with Gasteiger partial charge >= 0.3 is 0 Å². The Morgan fingerprint density at radius 3 is 1.79 bits per heavy atom. The van der Waals surface area contributed by atoms with Gasteiger partial charge in [0.05, 0.1) is 31.5 Å². The molecule has 2 aliphatic rings. The maximum absolute atomic E-state index is 11.1. The van der Waals surface area contributed by atoms with Crippen molar-refractivity contribution in [2.45, 2.75) is 103 Å². The molecule has 7 nitrogen and oxygen atoms in total. The van der Waals surface area contributed by atoms with Gasteiger partial charge in [-0.3, -0.25) is 0 Å². The van der Waals surface area contributed by atoms with Crippen LogP contribution in [0.4, 0.5) is 0 Å². The quantitative estimate of drug-likeness (QED) is 0.256. The van der Waals surface area contributed by atoms with Crippen molar-refractivity contribution in [1.82, 2.24) is 0 Å². The van der Waals surface area contributed by atoms with Gasteiger partial charge < -0.3 is 33.2 Å². The molecular weight excluding hydrogens is 609 g/mol. The summed E-state index contributed by atoms with van der Waals surface area (Å²) in [6, 6.07) is 31.3. The number of rotatable bonds is 11. The van der Waals surface area contributed by atoms with E-state index in [0.29, 0.717) is 13.2 Å². The number of hydrogen-bond donors (Lipinski definition) is 1. The number of hydrogen-bond acceptors (Lipinski definition) is 7. The van der Waals surface area contributed by atoms with Crippen LogP contribution in [-0.4, -0.2) is 70.2 Å². The smallest absolute Gasteiger partial charge is 0.261 e. The summed E-state index contributed by atoms with van der Waals surface area (Å²) < 4.78 is 39.5. The van der Waals surface area contributed by atoms with Crippen LogP contribution < -0.4 is 10.4 Å². The second-order valence-corrected chi connectivity index (χ2v) is 18.7. The van der Waals surface area contributed by atoms with Crippen molar-refractivity contribution >= 4 is 18.7 Å². The van der Waals surface area contributed by atoms with Crippen molar-refractivity contribution in [3.63, 3.8) is 0 Å². The van der Waals surface area contributed by atoms with Gasteiger partial charge in [0.15, 0.2) is 12.6 Å². The van der Waals surface area contributed by atoms with Crippen LogP contribution in [0.3, 0.4) is 0 Å². The molecule has 0 saturated carbocycles. The van der Waals surface area contributed by atoms with E-state index in [9.17, 15) is 5.11 Å². The topological polar surface area (TPSA) is 75.6 Å². The highest BCUT2D eigenvalue weighted by atomic mass is 28.4. The summed E-state index contributed by atoms with van der Waals surface area (Å²) in [5, 5.41) is 13.4. The van der Waals surface area contributed by atoms with Gasteiger partial charge in [0.2, 0.25) is 0 Å². The molecule has 47 heavy (non-hydrogen) atoms. The van der Waals surface area contributed by atoms with Crippen molar-refractivity contribution in [3.05, 3.63) is 96.6 Å². The molecule has 2 heterocycles. The molecular formula is C39H54O7Si. The van der Waals surface area contributed by atoms with Gasteiger partial charge in [0.1, 0.15) is 12.2 Å². The standard InChI is InChI=1S/C39H54O7Si/c1-26-27(2)37(41-8)45-33(25-43-47(39(5,6)7,31-20-14-10-15-21-31)32-22-16-11-17-23-32)35(26)46-38-28(3)36(34(40)29(4)44-38)42-24-30-18-12-9-13-19-30/h9-23,26-29,33-38,40H,24-25H2,1-8H3/t26-,27?,28?,29?,33?,34-,35+,36+,37+,38+/m1/s1. The molecule has 0 bridgehead atoms. The van der Waals surface area contributed by atoms with Crippen LogP contribution in [0.25, 0.3) is 0 Å². The fourth-order valence-electron chi connectivity index (χ4n) is 7.32. The van der Waals surface area contributed by atoms with Gasteiger partial charge in [0.25, 0.3) is 8.32 Å². The highest BCUT2D eigenvalue weighted by Gasteiger charge is 2.53. The number of ether oxygens (including phenoxy) is 5. The Morgan fingerprint density at radius 2 is 1.26 bits per heavy atom. The summed E-state index contributed by atoms with van der Waals surface area (Å²) in [5.74, 6) is -0.0879. The Labute approximate surface area is 282 Å². The van der Waals surface area contributed by atoms with Gasteiger partial charge in [-0.1, -0.05) is 133 Å². The first kappa shape index (κ1) is 35.9. The first-order chi connectivity index (χ1) is 22.5. The van der Waals surface area contributed by atoms with Crippen LogP contribution in [0, 0.1) is 17.8 Å². The molecule has 2 fully saturated rings. The zero-order valence-corrected chi connectivity index (χ0v) is 30.2. The molecule has 2 saturated heterocycles. The van der Waals surface area contributed by atoms with Crippen molar-refractivity contribution in [1.29, 1.82) is 0 Å². The highest BCUT2D eigenvalue weighted by Crippen LogP contribution is 2.40. The Morgan fingerprint density at radius 1 is 0.702 bits per heavy atom. The third kappa shape index (κ3) is 7.60. The lowest BCUT2D eigenvalue weighted by molar-refractivity contribution is -0.334. The predicted molar refractivity (Wildman–Crippen MR) is 187 cm³/mol. The average Bonchev–Trinajstić information content (AvgIpc) is 3.07. The SMILES string of the molecule is CO[C@H]1OC(CO[Si](c2ccccc2)(c2ccccc2)C(C)(C)C)[C@@H](O[C@@H]2OC(C)[C@@H](O)[C@@H](OCc3ccccc3)C2C)[C@H](C)C1C. The fourth-order valence-corrected chi connectivity index (χ4v) is 11.9. The lowest BCUT2D eigenvalue weighted by Gasteiger charge is -2.49. The van der Waals surface area contributed by atoms with Crippen LogP contribution >= 0.6 is 0 Å². The van der Waals surface area contributed by atoms with Crippen LogP contribution in [0.15, 0.2) is 91.0 Å². The van der Waals surface area contributed by atoms with E-state index in [4.69, 9.17) is 28.1 Å². The summed E-state index contributed by atoms with van der Waals surface area (Å²) in [6.07, 6.45) is -3.47.